The van der Waals surface area contributed by atoms with Crippen LogP contribution in [-0.2, 0) is 0 Å². The smallest absolute Gasteiger partial charge is 0.152 e. The number of carbonyl (C=O) groups is 1. The van der Waals surface area contributed by atoms with Gasteiger partial charge in [-0.3, -0.25) is 14.8 Å². The van der Waals surface area contributed by atoms with Crippen LogP contribution in [0.2, 0.25) is 0 Å². The second-order valence-corrected chi connectivity index (χ2v) is 4.24. The maximum atomic E-state index is 11.2. The summed E-state index contributed by atoms with van der Waals surface area (Å²) >= 11 is 0. The van der Waals surface area contributed by atoms with Gasteiger partial charge in [-0.2, -0.15) is 0 Å². The average Bonchev–Trinajstić information content (AvgIpc) is 2.56. The molecule has 0 fully saturated rings. The molecular formula is C16H11N3O. The lowest BCUT2D eigenvalue weighted by molar-refractivity contribution is 0.112. The van der Waals surface area contributed by atoms with Crippen LogP contribution < -0.4 is 0 Å². The summed E-state index contributed by atoms with van der Waals surface area (Å²) < 4.78 is 0. The summed E-state index contributed by atoms with van der Waals surface area (Å²) in [5.41, 5.74) is 3.69. The molecule has 0 saturated carbocycles. The molecule has 3 heterocycles. The zero-order valence-corrected chi connectivity index (χ0v) is 10.6. The van der Waals surface area contributed by atoms with Gasteiger partial charge in [0.2, 0.25) is 0 Å². The molecule has 3 aromatic rings. The number of hydrogen-bond donors (Lipinski definition) is 0. The summed E-state index contributed by atoms with van der Waals surface area (Å²) in [6, 6.07) is 11.1. The summed E-state index contributed by atoms with van der Waals surface area (Å²) in [5, 5.41) is 0. The normalized spacial score (nSPS) is 10.2. The van der Waals surface area contributed by atoms with Gasteiger partial charge in [0, 0.05) is 41.5 Å². The first-order chi connectivity index (χ1) is 9.88. The molecule has 0 aliphatic rings. The average molecular weight is 261 g/mol. The fraction of sp³-hybridized carbons (Fsp3) is 0. The molecule has 96 valence electrons. The van der Waals surface area contributed by atoms with Crippen molar-refractivity contribution in [3.05, 3.63) is 66.7 Å². The van der Waals surface area contributed by atoms with Gasteiger partial charge in [0.05, 0.1) is 11.4 Å². The molecule has 0 atom stereocenters. The number of nitrogens with zero attached hydrogens (tertiary/aromatic N) is 3. The zero-order valence-electron chi connectivity index (χ0n) is 10.6. The first-order valence-electron chi connectivity index (χ1n) is 6.15. The van der Waals surface area contributed by atoms with Gasteiger partial charge < -0.3 is 0 Å². The molecule has 0 aliphatic heterocycles. The lowest BCUT2D eigenvalue weighted by Crippen LogP contribution is -1.95. The van der Waals surface area contributed by atoms with E-state index in [2.05, 4.69) is 15.0 Å². The molecule has 0 radical (unpaired) electrons. The van der Waals surface area contributed by atoms with Gasteiger partial charge in [-0.15, -0.1) is 0 Å². The van der Waals surface area contributed by atoms with Crippen molar-refractivity contribution in [2.75, 3.05) is 0 Å². The molecule has 0 saturated heterocycles. The minimum absolute atomic E-state index is 0.547. The molecule has 20 heavy (non-hydrogen) atoms. The Morgan fingerprint density at radius 1 is 0.850 bits per heavy atom. The van der Waals surface area contributed by atoms with Crippen LogP contribution in [0.15, 0.2) is 61.2 Å². The Morgan fingerprint density at radius 3 is 2.15 bits per heavy atom. The van der Waals surface area contributed by atoms with Crippen molar-refractivity contribution in [2.24, 2.45) is 0 Å². The zero-order chi connectivity index (χ0) is 13.8. The van der Waals surface area contributed by atoms with Crippen LogP contribution in [-0.4, -0.2) is 21.2 Å². The Hall–Kier alpha value is -2.88. The van der Waals surface area contributed by atoms with E-state index >= 15 is 0 Å². The Balaban J connectivity index is 2.16. The molecule has 4 heteroatoms. The predicted molar refractivity (Wildman–Crippen MR) is 76.1 cm³/mol. The molecule has 0 aromatic carbocycles. The van der Waals surface area contributed by atoms with Crippen LogP contribution in [0.4, 0.5) is 0 Å². The number of rotatable bonds is 3. The van der Waals surface area contributed by atoms with Gasteiger partial charge >= 0.3 is 0 Å². The lowest BCUT2D eigenvalue weighted by Gasteiger charge is -2.07. The van der Waals surface area contributed by atoms with Crippen LogP contribution in [0.3, 0.4) is 0 Å². The quantitative estimate of drug-likeness (QED) is 0.680. The Bertz CT molecular complexity index is 727. The van der Waals surface area contributed by atoms with E-state index in [-0.39, 0.29) is 0 Å². The summed E-state index contributed by atoms with van der Waals surface area (Å²) in [5.74, 6) is 0. The van der Waals surface area contributed by atoms with Gasteiger partial charge in [-0.25, -0.2) is 4.98 Å². The van der Waals surface area contributed by atoms with Crippen LogP contribution in [0, 0.1) is 0 Å². The standard InChI is InChI=1S/C16H11N3O/c20-11-14-5-6-15(12-3-1-7-17-9-12)19-16(14)13-4-2-8-18-10-13/h1-11H. The molecule has 3 aromatic heterocycles. The van der Waals surface area contributed by atoms with E-state index in [1.807, 2.05) is 30.3 Å². The Labute approximate surface area is 116 Å². The van der Waals surface area contributed by atoms with Crippen LogP contribution in [0.1, 0.15) is 10.4 Å². The topological polar surface area (TPSA) is 55.7 Å². The fourth-order valence-electron chi connectivity index (χ4n) is 1.97. The fourth-order valence-corrected chi connectivity index (χ4v) is 1.97. The molecule has 0 amide bonds. The maximum absolute atomic E-state index is 11.2. The second-order valence-electron chi connectivity index (χ2n) is 4.24. The van der Waals surface area contributed by atoms with Gasteiger partial charge in [-0.05, 0) is 36.4 Å². The third-order valence-electron chi connectivity index (χ3n) is 2.95. The Morgan fingerprint density at radius 2 is 1.55 bits per heavy atom. The van der Waals surface area contributed by atoms with E-state index in [0.29, 0.717) is 11.3 Å². The molecule has 0 bridgehead atoms. The monoisotopic (exact) mass is 261 g/mol. The van der Waals surface area contributed by atoms with Crippen molar-refractivity contribution in [3.8, 4) is 22.5 Å². The lowest BCUT2D eigenvalue weighted by atomic mass is 10.1. The summed E-state index contributed by atoms with van der Waals surface area (Å²) in [7, 11) is 0. The highest BCUT2D eigenvalue weighted by molar-refractivity contribution is 5.86. The van der Waals surface area contributed by atoms with Gasteiger partial charge in [0.1, 0.15) is 0 Å². The van der Waals surface area contributed by atoms with Crippen molar-refractivity contribution < 1.29 is 4.79 Å². The molecule has 0 unspecified atom stereocenters. The number of carbonyl (C=O) groups excluding carboxylic acids is 1. The third kappa shape index (κ3) is 2.31. The molecule has 0 N–H and O–H groups in total. The Kier molecular flexibility index (Phi) is 3.29. The van der Waals surface area contributed by atoms with Crippen LogP contribution in [0.25, 0.3) is 22.5 Å². The summed E-state index contributed by atoms with van der Waals surface area (Å²) in [6.45, 7) is 0. The largest absolute Gasteiger partial charge is 0.298 e. The molecule has 0 spiro atoms. The van der Waals surface area contributed by atoms with E-state index in [0.717, 1.165) is 23.1 Å². The first kappa shape index (κ1) is 12.2. The minimum atomic E-state index is 0.547. The maximum Gasteiger partial charge on any atom is 0.152 e. The highest BCUT2D eigenvalue weighted by Crippen LogP contribution is 2.24. The molecule has 4 nitrogen and oxygen atoms in total. The van der Waals surface area contributed by atoms with Crippen molar-refractivity contribution in [1.29, 1.82) is 0 Å². The number of hydrogen-bond acceptors (Lipinski definition) is 4. The highest BCUT2D eigenvalue weighted by atomic mass is 16.1. The summed E-state index contributed by atoms with van der Waals surface area (Å²) in [6.07, 6.45) is 7.65. The molecular weight excluding hydrogens is 250 g/mol. The van der Waals surface area contributed by atoms with E-state index in [9.17, 15) is 4.79 Å². The number of aromatic nitrogens is 3. The third-order valence-corrected chi connectivity index (χ3v) is 2.95. The van der Waals surface area contributed by atoms with E-state index in [1.165, 1.54) is 0 Å². The number of aldehydes is 1. The molecule has 3 rings (SSSR count). The van der Waals surface area contributed by atoms with Gasteiger partial charge in [0.25, 0.3) is 0 Å². The van der Waals surface area contributed by atoms with Crippen LogP contribution >= 0.6 is 0 Å². The molecule has 0 aliphatic carbocycles. The second kappa shape index (κ2) is 5.40. The van der Waals surface area contributed by atoms with Crippen LogP contribution in [0.5, 0.6) is 0 Å². The van der Waals surface area contributed by atoms with E-state index in [4.69, 9.17) is 0 Å². The number of pyridine rings is 3. The van der Waals surface area contributed by atoms with Crippen molar-refractivity contribution in [1.82, 2.24) is 15.0 Å². The summed E-state index contributed by atoms with van der Waals surface area (Å²) in [4.78, 5) is 23.9. The van der Waals surface area contributed by atoms with Gasteiger partial charge in [-0.1, -0.05) is 0 Å². The minimum Gasteiger partial charge on any atom is -0.298 e. The predicted octanol–water partition coefficient (Wildman–Crippen LogP) is 3.02. The highest BCUT2D eigenvalue weighted by Gasteiger charge is 2.09. The van der Waals surface area contributed by atoms with Crippen molar-refractivity contribution >= 4 is 6.29 Å². The van der Waals surface area contributed by atoms with Crippen molar-refractivity contribution in [2.45, 2.75) is 0 Å². The first-order valence-corrected chi connectivity index (χ1v) is 6.15. The van der Waals surface area contributed by atoms with E-state index in [1.54, 1.807) is 30.9 Å². The van der Waals surface area contributed by atoms with Gasteiger partial charge in [0.15, 0.2) is 6.29 Å². The van der Waals surface area contributed by atoms with Crippen molar-refractivity contribution in [3.63, 3.8) is 0 Å². The SMILES string of the molecule is O=Cc1ccc(-c2cccnc2)nc1-c1cccnc1. The van der Waals surface area contributed by atoms with E-state index < -0.39 is 0 Å².